The Morgan fingerprint density at radius 3 is 2.61 bits per heavy atom. The zero-order valence-electron chi connectivity index (χ0n) is 10.6. The second kappa shape index (κ2) is 5.38. The van der Waals surface area contributed by atoms with E-state index in [1.807, 2.05) is 0 Å². The first-order valence-corrected chi connectivity index (χ1v) is 7.49. The molecule has 0 spiro atoms. The van der Waals surface area contributed by atoms with Crippen molar-refractivity contribution in [2.24, 2.45) is 0 Å². The zero-order valence-corrected chi connectivity index (χ0v) is 11.5. The third-order valence-electron chi connectivity index (χ3n) is 2.35. The zero-order chi connectivity index (χ0) is 13.9. The summed E-state index contributed by atoms with van der Waals surface area (Å²) >= 11 is 0. The van der Waals surface area contributed by atoms with Crippen molar-refractivity contribution in [2.75, 3.05) is 24.3 Å². The standard InChI is InChI=1S/C10H17N3O4S/c1-4-17-10(14)8-9(11)13(7(2)12-8)5-6-18(3,15)16/h4-6,11H2,1-3H3. The first-order chi connectivity index (χ1) is 8.26. The van der Waals surface area contributed by atoms with Crippen LogP contribution >= 0.6 is 0 Å². The van der Waals surface area contributed by atoms with Crippen LogP contribution in [0.25, 0.3) is 0 Å². The van der Waals surface area contributed by atoms with Crippen molar-refractivity contribution in [3.63, 3.8) is 0 Å². The quantitative estimate of drug-likeness (QED) is 0.758. The number of imidazole rings is 1. The minimum absolute atomic E-state index is 0.0304. The Morgan fingerprint density at radius 1 is 1.50 bits per heavy atom. The molecule has 0 aliphatic carbocycles. The summed E-state index contributed by atoms with van der Waals surface area (Å²) in [6.07, 6.45) is 1.14. The Bertz CT molecular complexity index is 548. The van der Waals surface area contributed by atoms with E-state index in [2.05, 4.69) is 4.98 Å². The highest BCUT2D eigenvalue weighted by Gasteiger charge is 2.20. The van der Waals surface area contributed by atoms with Crippen LogP contribution in [0.1, 0.15) is 23.2 Å². The number of nitrogens with zero attached hydrogens (tertiary/aromatic N) is 2. The molecule has 1 rings (SSSR count). The van der Waals surface area contributed by atoms with Crippen molar-refractivity contribution in [1.29, 1.82) is 0 Å². The van der Waals surface area contributed by atoms with Gasteiger partial charge in [0.2, 0.25) is 0 Å². The smallest absolute Gasteiger partial charge is 0.360 e. The average Bonchev–Trinajstić information content (AvgIpc) is 2.51. The van der Waals surface area contributed by atoms with E-state index in [0.29, 0.717) is 5.82 Å². The van der Waals surface area contributed by atoms with Crippen LogP contribution in [0.15, 0.2) is 0 Å². The molecule has 0 fully saturated rings. The summed E-state index contributed by atoms with van der Waals surface area (Å²) in [7, 11) is -3.10. The molecule has 0 radical (unpaired) electrons. The monoisotopic (exact) mass is 275 g/mol. The lowest BCUT2D eigenvalue weighted by Gasteiger charge is -2.06. The fourth-order valence-corrected chi connectivity index (χ4v) is 1.98. The largest absolute Gasteiger partial charge is 0.461 e. The van der Waals surface area contributed by atoms with Gasteiger partial charge in [-0.3, -0.25) is 0 Å². The number of ether oxygens (including phenoxy) is 1. The van der Waals surface area contributed by atoms with Crippen LogP contribution < -0.4 is 5.73 Å². The first-order valence-electron chi connectivity index (χ1n) is 5.43. The lowest BCUT2D eigenvalue weighted by atomic mass is 10.4. The van der Waals surface area contributed by atoms with E-state index in [1.54, 1.807) is 13.8 Å². The summed E-state index contributed by atoms with van der Waals surface area (Å²) in [5, 5.41) is 0. The summed E-state index contributed by atoms with van der Waals surface area (Å²) in [5.74, 6) is -0.0403. The van der Waals surface area contributed by atoms with E-state index in [1.165, 1.54) is 4.57 Å². The Hall–Kier alpha value is -1.57. The highest BCUT2D eigenvalue weighted by atomic mass is 32.2. The highest BCUT2D eigenvalue weighted by molar-refractivity contribution is 7.90. The molecule has 1 aromatic rings. The van der Waals surface area contributed by atoms with Gasteiger partial charge in [-0.2, -0.15) is 0 Å². The Labute approximate surface area is 106 Å². The number of aromatic nitrogens is 2. The molecule has 8 heteroatoms. The molecule has 7 nitrogen and oxygen atoms in total. The SMILES string of the molecule is CCOC(=O)c1nc(C)n(CCS(C)(=O)=O)c1N. The van der Waals surface area contributed by atoms with E-state index in [9.17, 15) is 13.2 Å². The van der Waals surface area contributed by atoms with Crippen LogP contribution in [-0.2, 0) is 21.1 Å². The van der Waals surface area contributed by atoms with E-state index in [0.717, 1.165) is 6.26 Å². The number of carbonyl (C=O) groups is 1. The molecule has 0 atom stereocenters. The molecule has 0 unspecified atom stereocenters. The fourth-order valence-electron chi connectivity index (χ4n) is 1.47. The van der Waals surface area contributed by atoms with E-state index in [-0.39, 0.29) is 30.4 Å². The Morgan fingerprint density at radius 2 is 2.11 bits per heavy atom. The third-order valence-corrected chi connectivity index (χ3v) is 3.28. The summed E-state index contributed by atoms with van der Waals surface area (Å²) < 4.78 is 28.5. The maximum Gasteiger partial charge on any atom is 0.360 e. The van der Waals surface area contributed by atoms with Crippen molar-refractivity contribution in [2.45, 2.75) is 20.4 Å². The molecule has 0 bridgehead atoms. The van der Waals surface area contributed by atoms with Crippen molar-refractivity contribution < 1.29 is 17.9 Å². The van der Waals surface area contributed by atoms with Crippen LogP contribution in [0.3, 0.4) is 0 Å². The van der Waals surface area contributed by atoms with Gasteiger partial charge in [0, 0.05) is 12.8 Å². The number of aryl methyl sites for hydroxylation is 1. The summed E-state index contributed by atoms with van der Waals surface area (Å²) in [5.41, 5.74) is 5.80. The highest BCUT2D eigenvalue weighted by Crippen LogP contribution is 2.15. The third kappa shape index (κ3) is 3.46. The van der Waals surface area contributed by atoms with Gasteiger partial charge in [0.25, 0.3) is 0 Å². The van der Waals surface area contributed by atoms with Crippen molar-refractivity contribution in [3.05, 3.63) is 11.5 Å². The van der Waals surface area contributed by atoms with Gasteiger partial charge in [-0.15, -0.1) is 0 Å². The summed E-state index contributed by atoms with van der Waals surface area (Å²) in [6, 6.07) is 0. The number of sulfone groups is 1. The van der Waals surface area contributed by atoms with Gasteiger partial charge in [-0.25, -0.2) is 18.2 Å². The Kier molecular flexibility index (Phi) is 4.33. The molecular formula is C10H17N3O4S. The summed E-state index contributed by atoms with van der Waals surface area (Å²) in [4.78, 5) is 15.5. The minimum atomic E-state index is -3.10. The van der Waals surface area contributed by atoms with Gasteiger partial charge in [-0.1, -0.05) is 0 Å². The molecule has 1 heterocycles. The van der Waals surface area contributed by atoms with Gasteiger partial charge in [0.1, 0.15) is 21.5 Å². The van der Waals surface area contributed by atoms with Crippen LogP contribution in [0.4, 0.5) is 5.82 Å². The number of hydrogen-bond acceptors (Lipinski definition) is 6. The number of esters is 1. The molecule has 0 saturated heterocycles. The van der Waals surface area contributed by atoms with E-state index < -0.39 is 15.8 Å². The van der Waals surface area contributed by atoms with Gasteiger partial charge >= 0.3 is 5.97 Å². The normalized spacial score (nSPS) is 11.5. The first kappa shape index (κ1) is 14.5. The molecule has 1 aromatic heterocycles. The molecule has 0 amide bonds. The van der Waals surface area contributed by atoms with Crippen molar-refractivity contribution in [3.8, 4) is 0 Å². The Balaban J connectivity index is 2.97. The predicted molar refractivity (Wildman–Crippen MR) is 67.0 cm³/mol. The minimum Gasteiger partial charge on any atom is -0.461 e. The molecule has 0 aliphatic rings. The van der Waals surface area contributed by atoms with Crippen LogP contribution in [0.2, 0.25) is 0 Å². The lowest BCUT2D eigenvalue weighted by Crippen LogP contribution is -2.15. The van der Waals surface area contributed by atoms with Gasteiger partial charge in [0.05, 0.1) is 12.4 Å². The topological polar surface area (TPSA) is 104 Å². The van der Waals surface area contributed by atoms with Gasteiger partial charge in [-0.05, 0) is 13.8 Å². The van der Waals surface area contributed by atoms with Gasteiger partial charge in [0.15, 0.2) is 5.69 Å². The molecule has 18 heavy (non-hydrogen) atoms. The average molecular weight is 275 g/mol. The van der Waals surface area contributed by atoms with E-state index >= 15 is 0 Å². The number of hydrogen-bond donors (Lipinski definition) is 1. The molecule has 0 saturated carbocycles. The molecule has 2 N–H and O–H groups in total. The van der Waals surface area contributed by atoms with Crippen molar-refractivity contribution >= 4 is 21.6 Å². The number of nitrogens with two attached hydrogens (primary N) is 1. The molecule has 0 aliphatic heterocycles. The second-order valence-electron chi connectivity index (χ2n) is 3.89. The number of carbonyl (C=O) groups excluding carboxylic acids is 1. The molecule has 102 valence electrons. The van der Waals surface area contributed by atoms with E-state index in [4.69, 9.17) is 10.5 Å². The van der Waals surface area contributed by atoms with Crippen LogP contribution in [-0.4, -0.2) is 42.6 Å². The van der Waals surface area contributed by atoms with Gasteiger partial charge < -0.3 is 15.0 Å². The second-order valence-corrected chi connectivity index (χ2v) is 6.15. The number of rotatable bonds is 5. The summed E-state index contributed by atoms with van der Waals surface area (Å²) in [6.45, 7) is 3.74. The van der Waals surface area contributed by atoms with Crippen molar-refractivity contribution in [1.82, 2.24) is 9.55 Å². The fraction of sp³-hybridized carbons (Fsp3) is 0.600. The van der Waals surface area contributed by atoms with Crippen LogP contribution in [0, 0.1) is 6.92 Å². The maximum absolute atomic E-state index is 11.5. The number of nitrogen functional groups attached to an aromatic ring is 1. The lowest BCUT2D eigenvalue weighted by molar-refractivity contribution is 0.0521. The predicted octanol–water partition coefficient (Wildman–Crippen LogP) is -0.00498. The molecular weight excluding hydrogens is 258 g/mol. The number of anilines is 1. The molecule has 0 aromatic carbocycles. The van der Waals surface area contributed by atoms with Crippen LogP contribution in [0.5, 0.6) is 0 Å². The maximum atomic E-state index is 11.5.